The van der Waals surface area contributed by atoms with Crippen molar-refractivity contribution in [3.63, 3.8) is 0 Å². The van der Waals surface area contributed by atoms with Crippen molar-refractivity contribution in [2.45, 2.75) is 53.4 Å². The van der Waals surface area contributed by atoms with E-state index in [1.54, 1.807) is 19.0 Å². The van der Waals surface area contributed by atoms with Crippen LogP contribution in [0, 0.1) is 11.3 Å². The first-order valence-corrected chi connectivity index (χ1v) is 6.58. The number of hydrogen-bond acceptors (Lipinski definition) is 2. The van der Waals surface area contributed by atoms with Gasteiger partial charge in [0.25, 0.3) is 0 Å². The van der Waals surface area contributed by atoms with Gasteiger partial charge in [-0.25, -0.2) is 0 Å². The summed E-state index contributed by atoms with van der Waals surface area (Å²) in [4.78, 5) is 25.7. The van der Waals surface area contributed by atoms with Crippen LogP contribution in [0.25, 0.3) is 0 Å². The average molecular weight is 248 g/mol. The Balaban J connectivity index is 3.00. The molecule has 1 saturated heterocycles. The van der Waals surface area contributed by atoms with Crippen LogP contribution in [0.15, 0.2) is 12.3 Å². The molecule has 0 spiro atoms. The van der Waals surface area contributed by atoms with E-state index in [1.807, 2.05) is 6.92 Å². The summed E-state index contributed by atoms with van der Waals surface area (Å²) in [6.07, 6.45) is 1.10. The van der Waals surface area contributed by atoms with E-state index in [-0.39, 0.29) is 29.0 Å². The molecular formula is C14H23BNO2. The van der Waals surface area contributed by atoms with Crippen LogP contribution >= 0.6 is 0 Å². The first-order valence-electron chi connectivity index (χ1n) is 6.58. The Hall–Kier alpha value is -1.06. The molecule has 1 amide bonds. The maximum atomic E-state index is 12.2. The summed E-state index contributed by atoms with van der Waals surface area (Å²) in [5, 5.41) is 0. The SMILES string of the molecule is C=C1C(C(C)(C)C)CC(=O)N1C(CC)C(=O)[B]C. The molecule has 4 heteroatoms. The highest BCUT2D eigenvalue weighted by Crippen LogP contribution is 2.42. The van der Waals surface area contributed by atoms with Crippen LogP contribution < -0.4 is 0 Å². The van der Waals surface area contributed by atoms with Crippen molar-refractivity contribution < 1.29 is 9.59 Å². The van der Waals surface area contributed by atoms with Gasteiger partial charge in [-0.05, 0) is 11.8 Å². The van der Waals surface area contributed by atoms with Crippen molar-refractivity contribution >= 4 is 18.9 Å². The molecule has 99 valence electrons. The van der Waals surface area contributed by atoms with Crippen molar-refractivity contribution in [1.82, 2.24) is 4.90 Å². The highest BCUT2D eigenvalue weighted by atomic mass is 16.2. The molecule has 2 unspecified atom stereocenters. The summed E-state index contributed by atoms with van der Waals surface area (Å²) in [6, 6.07) is -0.373. The monoisotopic (exact) mass is 248 g/mol. The number of carbonyl (C=O) groups is 2. The third-order valence-corrected chi connectivity index (χ3v) is 3.72. The van der Waals surface area contributed by atoms with Gasteiger partial charge in [-0.3, -0.25) is 4.79 Å². The molecule has 1 aliphatic heterocycles. The lowest BCUT2D eigenvalue weighted by Crippen LogP contribution is -2.42. The van der Waals surface area contributed by atoms with Gasteiger partial charge in [0.2, 0.25) is 13.2 Å². The van der Waals surface area contributed by atoms with E-state index in [0.29, 0.717) is 12.8 Å². The van der Waals surface area contributed by atoms with E-state index in [0.717, 1.165) is 5.70 Å². The highest BCUT2D eigenvalue weighted by molar-refractivity contribution is 6.73. The van der Waals surface area contributed by atoms with Crippen molar-refractivity contribution in [2.75, 3.05) is 0 Å². The zero-order valence-corrected chi connectivity index (χ0v) is 12.1. The summed E-state index contributed by atoms with van der Waals surface area (Å²) in [5.41, 5.74) is 0.801. The standard InChI is InChI=1S/C14H23BNO2/c1-7-11(13(18)15-6)16-9(2)10(8-12(16)17)14(3,4)5/h10-11H,2,7-8H2,1,3-6H3. The summed E-state index contributed by atoms with van der Waals surface area (Å²) < 4.78 is 0. The van der Waals surface area contributed by atoms with Crippen LogP contribution in [-0.2, 0) is 9.59 Å². The lowest BCUT2D eigenvalue weighted by Gasteiger charge is -2.31. The van der Waals surface area contributed by atoms with E-state index >= 15 is 0 Å². The highest BCUT2D eigenvalue weighted by Gasteiger charge is 2.43. The smallest absolute Gasteiger partial charge is 0.228 e. The molecule has 1 heterocycles. The molecule has 0 aromatic heterocycles. The number of nitrogens with zero attached hydrogens (tertiary/aromatic N) is 1. The molecule has 1 rings (SSSR count). The largest absolute Gasteiger partial charge is 0.310 e. The van der Waals surface area contributed by atoms with Gasteiger partial charge >= 0.3 is 0 Å². The van der Waals surface area contributed by atoms with Gasteiger partial charge in [-0.1, -0.05) is 41.1 Å². The van der Waals surface area contributed by atoms with E-state index in [9.17, 15) is 9.59 Å². The Morgan fingerprint density at radius 2 is 2.11 bits per heavy atom. The number of amides is 1. The second-order valence-electron chi connectivity index (χ2n) is 5.99. The fraction of sp³-hybridized carbons (Fsp3) is 0.714. The number of hydrogen-bond donors (Lipinski definition) is 0. The summed E-state index contributed by atoms with van der Waals surface area (Å²) in [5.74, 6) is 0.158. The Morgan fingerprint density at radius 1 is 1.56 bits per heavy atom. The lowest BCUT2D eigenvalue weighted by atomic mass is 9.72. The fourth-order valence-electron chi connectivity index (χ4n) is 2.60. The molecule has 2 atom stereocenters. The maximum absolute atomic E-state index is 12.2. The minimum atomic E-state index is -0.373. The zero-order valence-electron chi connectivity index (χ0n) is 12.1. The van der Waals surface area contributed by atoms with Crippen molar-refractivity contribution in [2.24, 2.45) is 11.3 Å². The molecule has 0 saturated carbocycles. The maximum Gasteiger partial charge on any atom is 0.228 e. The van der Waals surface area contributed by atoms with Crippen molar-refractivity contribution in [1.29, 1.82) is 0 Å². The number of likely N-dealkylation sites (tertiary alicyclic amines) is 1. The summed E-state index contributed by atoms with van der Waals surface area (Å²) >= 11 is 0. The molecule has 0 aromatic carbocycles. The molecule has 1 radical (unpaired) electrons. The minimum Gasteiger partial charge on any atom is -0.310 e. The number of carbonyl (C=O) groups excluding carboxylic acids is 2. The van der Waals surface area contributed by atoms with E-state index in [4.69, 9.17) is 0 Å². The third kappa shape index (κ3) is 2.68. The van der Waals surface area contributed by atoms with Crippen molar-refractivity contribution in [3.8, 4) is 0 Å². The van der Waals surface area contributed by atoms with Gasteiger partial charge in [0.05, 0.1) is 6.04 Å². The Morgan fingerprint density at radius 3 is 2.44 bits per heavy atom. The van der Waals surface area contributed by atoms with Crippen LogP contribution in [-0.4, -0.2) is 29.8 Å². The first kappa shape index (κ1) is 15.0. The zero-order chi connectivity index (χ0) is 14.1. The fourth-order valence-corrected chi connectivity index (χ4v) is 2.60. The molecule has 18 heavy (non-hydrogen) atoms. The minimum absolute atomic E-state index is 0.00123. The van der Waals surface area contributed by atoms with Gasteiger partial charge in [0.1, 0.15) is 5.68 Å². The molecule has 0 aromatic rings. The Bertz CT molecular complexity index is 370. The molecule has 0 bridgehead atoms. The summed E-state index contributed by atoms with van der Waals surface area (Å²) in [7, 11) is 1.54. The first-order chi connectivity index (χ1) is 8.23. The van der Waals surface area contributed by atoms with Gasteiger partial charge in [-0.15, -0.1) is 0 Å². The van der Waals surface area contributed by atoms with Gasteiger partial charge in [0.15, 0.2) is 0 Å². The van der Waals surface area contributed by atoms with Crippen LogP contribution in [0.5, 0.6) is 0 Å². The topological polar surface area (TPSA) is 37.4 Å². The van der Waals surface area contributed by atoms with Crippen LogP contribution in [0.1, 0.15) is 40.5 Å². The Kier molecular flexibility index (Phi) is 4.41. The van der Waals surface area contributed by atoms with Gasteiger partial charge in [-0.2, -0.15) is 0 Å². The number of allylic oxidation sites excluding steroid dienone is 1. The van der Waals surface area contributed by atoms with Crippen LogP contribution in [0.2, 0.25) is 6.82 Å². The molecule has 0 N–H and O–H groups in total. The molecule has 0 aliphatic carbocycles. The normalized spacial score (nSPS) is 22.3. The van der Waals surface area contributed by atoms with E-state index in [1.165, 1.54) is 0 Å². The molecule has 1 aliphatic rings. The molecular weight excluding hydrogens is 225 g/mol. The second-order valence-corrected chi connectivity index (χ2v) is 5.99. The van der Waals surface area contributed by atoms with E-state index < -0.39 is 0 Å². The lowest BCUT2D eigenvalue weighted by molar-refractivity contribution is -0.132. The quantitative estimate of drug-likeness (QED) is 0.716. The molecule has 1 fully saturated rings. The van der Waals surface area contributed by atoms with Crippen LogP contribution in [0.4, 0.5) is 0 Å². The predicted octanol–water partition coefficient (Wildman–Crippen LogP) is 2.45. The predicted molar refractivity (Wildman–Crippen MR) is 74.3 cm³/mol. The van der Waals surface area contributed by atoms with Gasteiger partial charge in [0, 0.05) is 18.0 Å². The third-order valence-electron chi connectivity index (χ3n) is 3.72. The van der Waals surface area contributed by atoms with Crippen molar-refractivity contribution in [3.05, 3.63) is 12.3 Å². The number of rotatable bonds is 4. The molecule has 3 nitrogen and oxygen atoms in total. The Labute approximate surface area is 111 Å². The van der Waals surface area contributed by atoms with Gasteiger partial charge < -0.3 is 9.69 Å². The van der Waals surface area contributed by atoms with E-state index in [2.05, 4.69) is 27.4 Å². The summed E-state index contributed by atoms with van der Waals surface area (Å²) in [6.45, 7) is 14.0. The second kappa shape index (κ2) is 5.29. The van der Waals surface area contributed by atoms with Crippen LogP contribution in [0.3, 0.4) is 0 Å². The average Bonchev–Trinajstić information content (AvgIpc) is 2.57.